The zero-order valence-corrected chi connectivity index (χ0v) is 75.5. The zero-order chi connectivity index (χ0) is 90.8. The Morgan fingerprint density at radius 3 is 0.819 bits per heavy atom. The lowest BCUT2D eigenvalue weighted by atomic mass is 9.96. The Morgan fingerprint density at radius 2 is 0.420 bits per heavy atom. The third-order valence-corrected chi connectivity index (χ3v) is 29.0. The van der Waals surface area contributed by atoms with Gasteiger partial charge in [-0.1, -0.05) is 279 Å². The normalized spacial score (nSPS) is 11.8. The fourth-order valence-electron chi connectivity index (χ4n) is 21.5. The minimum atomic E-state index is 1.00. The van der Waals surface area contributed by atoms with Crippen molar-refractivity contribution in [2.24, 2.45) is 0 Å². The monoisotopic (exact) mass is 1780 g/mol. The average molecular weight is 1780 g/mol. The number of thiophene rings is 1. The molecular weight excluding hydrogens is 1700 g/mol. The van der Waals surface area contributed by atoms with Gasteiger partial charge in [-0.05, 0) is 249 Å². The molecule has 0 aliphatic heterocycles. The third kappa shape index (κ3) is 13.4. The molecule has 29 rings (SSSR count). The van der Waals surface area contributed by atoms with Crippen LogP contribution >= 0.6 is 11.3 Å². The lowest BCUT2D eigenvalue weighted by Crippen LogP contribution is -1.93. The highest BCUT2D eigenvalue weighted by Gasteiger charge is 2.24. The van der Waals surface area contributed by atoms with Crippen LogP contribution in [0.4, 0.5) is 0 Å². The molecule has 0 unspecified atom stereocenters. The van der Waals surface area contributed by atoms with Crippen LogP contribution in [0.5, 0.6) is 0 Å². The van der Waals surface area contributed by atoms with Crippen LogP contribution in [-0.4, -0.2) is 42.8 Å². The summed E-state index contributed by atoms with van der Waals surface area (Å²) in [6.07, 6.45) is 9.91. The quantitative estimate of drug-likeness (QED) is 0.129. The highest BCUT2D eigenvalue weighted by Crippen LogP contribution is 2.47. The number of hydrogen-bond donors (Lipinski definition) is 0. The van der Waals surface area contributed by atoms with Crippen LogP contribution in [-0.2, 0) is 0 Å². The molecule has 138 heavy (non-hydrogen) atoms. The Kier molecular flexibility index (Phi) is 19.0. The molecular formula is C128H81N9S. The SMILES string of the molecule is c1ccc(-n2c3ccc(-c4ccc(-c5ccc6sc7ccccc7c6c5)cc4)cc3c3c4ccccc4ncc32)cc1.c1ccc(-n2c3ccc(-c4cccc(-c5ccc6c(c5)c5c7ccccc7ncc5n6-c5ccccc5)c4)cc3c3ccncc32)cc1.c1ccc(-n2c3ccccc3c3cc(-c4cccc(-c5ccc6c(c5)c5c7ccccc7ncc5n6-c5ccccc5)c4)ccc32)cc1. The van der Waals surface area contributed by atoms with Crippen LogP contribution in [0.1, 0.15) is 0 Å². The zero-order valence-electron chi connectivity index (χ0n) is 74.7. The molecule has 29 aromatic rings. The third-order valence-electron chi connectivity index (χ3n) is 27.8. The van der Waals surface area contributed by atoms with E-state index in [1.807, 2.05) is 42.3 Å². The van der Waals surface area contributed by atoms with Gasteiger partial charge in [-0.25, -0.2) is 0 Å². The molecule has 0 N–H and O–H groups in total. The summed E-state index contributed by atoms with van der Waals surface area (Å²) < 4.78 is 14.4. The molecule has 0 bridgehead atoms. The lowest BCUT2D eigenvalue weighted by molar-refractivity contribution is 1.17. The summed E-state index contributed by atoms with van der Waals surface area (Å²) in [5, 5.41) is 18.5. The molecule has 0 aliphatic carbocycles. The van der Waals surface area contributed by atoms with Gasteiger partial charge in [-0.15, -0.1) is 11.3 Å². The van der Waals surface area contributed by atoms with Gasteiger partial charge in [0.2, 0.25) is 0 Å². The number of aromatic nitrogens is 9. The van der Waals surface area contributed by atoms with Gasteiger partial charge >= 0.3 is 0 Å². The van der Waals surface area contributed by atoms with Crippen molar-refractivity contribution in [2.75, 3.05) is 0 Å². The van der Waals surface area contributed by atoms with E-state index in [0.717, 1.165) is 61.4 Å². The van der Waals surface area contributed by atoms with Crippen molar-refractivity contribution in [3.63, 3.8) is 0 Å². The van der Waals surface area contributed by atoms with E-state index in [2.05, 4.69) is 489 Å². The summed E-state index contributed by atoms with van der Waals surface area (Å²) in [7, 11) is 0. The first-order valence-corrected chi connectivity index (χ1v) is 47.6. The van der Waals surface area contributed by atoms with Crippen molar-refractivity contribution in [1.82, 2.24) is 42.8 Å². The minimum Gasteiger partial charge on any atom is -0.309 e. The molecule has 0 spiro atoms. The first-order valence-electron chi connectivity index (χ1n) is 46.8. The first-order chi connectivity index (χ1) is 68.4. The van der Waals surface area contributed by atoms with Crippen LogP contribution in [0.2, 0.25) is 0 Å². The van der Waals surface area contributed by atoms with Crippen LogP contribution in [0.25, 0.3) is 257 Å². The molecule has 0 saturated heterocycles. The maximum atomic E-state index is 4.85. The summed E-state index contributed by atoms with van der Waals surface area (Å²) in [6.45, 7) is 0. The Balaban J connectivity index is 0.000000105. The average Bonchev–Trinajstić information content (AvgIpc) is 1.59. The molecule has 0 atom stereocenters. The maximum absolute atomic E-state index is 4.85. The number of benzene rings is 19. The smallest absolute Gasteiger partial charge is 0.0730 e. The van der Waals surface area contributed by atoms with Gasteiger partial charge in [0.05, 0.1) is 96.5 Å². The molecule has 0 fully saturated rings. The molecule has 0 radical (unpaired) electrons. The van der Waals surface area contributed by atoms with Crippen LogP contribution < -0.4 is 0 Å². The van der Waals surface area contributed by atoms with E-state index in [1.165, 1.54) is 196 Å². The minimum absolute atomic E-state index is 1.00. The van der Waals surface area contributed by atoms with E-state index >= 15 is 0 Å². The van der Waals surface area contributed by atoms with E-state index < -0.39 is 0 Å². The maximum Gasteiger partial charge on any atom is 0.0730 e. The van der Waals surface area contributed by atoms with Crippen LogP contribution in [0.15, 0.2) is 492 Å². The van der Waals surface area contributed by atoms with Gasteiger partial charge in [0, 0.05) is 125 Å². The summed E-state index contributed by atoms with van der Waals surface area (Å²) in [6, 6.07) is 166. The predicted molar refractivity (Wildman–Crippen MR) is 580 cm³/mol. The van der Waals surface area contributed by atoms with Gasteiger partial charge in [-0.3, -0.25) is 19.9 Å². The van der Waals surface area contributed by atoms with Gasteiger partial charge < -0.3 is 22.8 Å². The van der Waals surface area contributed by atoms with Gasteiger partial charge in [0.1, 0.15) is 0 Å². The Labute approximate surface area is 797 Å². The Morgan fingerprint density at radius 1 is 0.152 bits per heavy atom. The highest BCUT2D eigenvalue weighted by atomic mass is 32.1. The van der Waals surface area contributed by atoms with Crippen LogP contribution in [0.3, 0.4) is 0 Å². The summed E-state index contributed by atoms with van der Waals surface area (Å²) in [5.41, 5.74) is 34.8. The number of nitrogens with zero attached hydrogens (tertiary/aromatic N) is 9. The Bertz CT molecular complexity index is 9510. The largest absolute Gasteiger partial charge is 0.309 e. The van der Waals surface area contributed by atoms with Crippen molar-refractivity contribution in [1.29, 1.82) is 0 Å². The predicted octanol–water partition coefficient (Wildman–Crippen LogP) is 34.0. The van der Waals surface area contributed by atoms with Crippen LogP contribution in [0, 0.1) is 0 Å². The highest BCUT2D eigenvalue weighted by molar-refractivity contribution is 7.25. The van der Waals surface area contributed by atoms with E-state index in [-0.39, 0.29) is 0 Å². The van der Waals surface area contributed by atoms with Crippen molar-refractivity contribution in [3.8, 4) is 95.2 Å². The number of hydrogen-bond acceptors (Lipinski definition) is 5. The van der Waals surface area contributed by atoms with Gasteiger partial charge in [-0.2, -0.15) is 0 Å². The van der Waals surface area contributed by atoms with E-state index in [4.69, 9.17) is 15.0 Å². The molecule has 10 aromatic heterocycles. The molecule has 644 valence electrons. The fraction of sp³-hybridized carbons (Fsp3) is 0. The second kappa shape index (κ2) is 32.9. The number of fused-ring (bicyclic) bond motifs is 24. The topological polar surface area (TPSA) is 76.2 Å². The molecule has 19 aromatic carbocycles. The van der Waals surface area contributed by atoms with Gasteiger partial charge in [0.25, 0.3) is 0 Å². The standard InChI is InChI=1S/C45H29N3.C44H28N4.C39H24N2S/c1-3-14-34(15-4-1)47-41-21-10-8-18-36(41)38-27-32(22-24-42(38)47)30-12-11-13-31(26-30)33-23-25-43-39(28-33)45-37-19-7-9-20-40(37)46-29-44(45)48(43)35-16-5-2-6-17-35;1-3-12-33(13-4-1)47-40-20-18-31(25-37(40)35-22-23-45-27-42(35)47)29-10-9-11-30(24-29)32-19-21-41-38(26-32)44-36-16-7-8-17-39(36)46-28-43(44)48(41)34-14-5-2-6-15-34;1-2-8-29(9-3-1)41-35-20-18-27(23-33(35)39-31-11-4-6-12-34(31)40-24-36(39)41)25-14-16-26(17-15-25)28-19-21-38-32(22-28)30-10-5-7-13-37(30)42-38/h1-29H;1-28H;1-24H. The number of para-hydroxylation sites is 9. The molecule has 10 heteroatoms. The van der Waals surface area contributed by atoms with Crippen molar-refractivity contribution in [2.45, 2.75) is 0 Å². The second-order valence-corrected chi connectivity index (χ2v) is 36.7. The Hall–Kier alpha value is -18.2. The molecule has 10 heterocycles. The molecule has 0 amide bonds. The van der Waals surface area contributed by atoms with E-state index in [1.54, 1.807) is 0 Å². The van der Waals surface area contributed by atoms with E-state index in [9.17, 15) is 0 Å². The number of pyridine rings is 4. The summed E-state index contributed by atoms with van der Waals surface area (Å²) >= 11 is 1.86. The summed E-state index contributed by atoms with van der Waals surface area (Å²) in [5.74, 6) is 0. The molecule has 0 saturated carbocycles. The van der Waals surface area contributed by atoms with E-state index in [0.29, 0.717) is 0 Å². The molecule has 0 aliphatic rings. The first kappa shape index (κ1) is 79.5. The van der Waals surface area contributed by atoms with Crippen molar-refractivity contribution < 1.29 is 0 Å². The van der Waals surface area contributed by atoms with Crippen molar-refractivity contribution >= 4 is 173 Å². The van der Waals surface area contributed by atoms with Crippen molar-refractivity contribution in [3.05, 3.63) is 492 Å². The molecule has 9 nitrogen and oxygen atoms in total. The summed E-state index contributed by atoms with van der Waals surface area (Å²) in [4.78, 5) is 19.0. The fourth-order valence-corrected chi connectivity index (χ4v) is 22.6. The second-order valence-electron chi connectivity index (χ2n) is 35.6. The van der Waals surface area contributed by atoms with Gasteiger partial charge in [0.15, 0.2) is 0 Å². The number of rotatable bonds is 11. The lowest BCUT2D eigenvalue weighted by Gasteiger charge is -2.10.